The van der Waals surface area contributed by atoms with Crippen LogP contribution in [-0.4, -0.2) is 27.4 Å². The zero-order valence-corrected chi connectivity index (χ0v) is 14.8. The van der Waals surface area contributed by atoms with E-state index in [1.807, 2.05) is 14.2 Å². The van der Waals surface area contributed by atoms with Crippen LogP contribution >= 0.6 is 0 Å². The quantitative estimate of drug-likeness (QED) is 0.457. The predicted octanol–water partition coefficient (Wildman–Crippen LogP) is 5.31. The third-order valence-electron chi connectivity index (χ3n) is 4.42. The van der Waals surface area contributed by atoms with Gasteiger partial charge in [-0.05, 0) is 24.7 Å². The van der Waals surface area contributed by atoms with Gasteiger partial charge in [-0.15, -0.1) is 0 Å². The van der Waals surface area contributed by atoms with E-state index in [2.05, 4.69) is 27.7 Å². The van der Waals surface area contributed by atoms with Gasteiger partial charge in [0.15, 0.2) is 0 Å². The molecule has 0 aromatic heterocycles. The second-order valence-electron chi connectivity index (χ2n) is 6.92. The smallest absolute Gasteiger partial charge is 0.0540 e. The first-order valence-corrected chi connectivity index (χ1v) is 8.51. The minimum atomic E-state index is 0.211. The van der Waals surface area contributed by atoms with Crippen molar-refractivity contribution in [1.29, 1.82) is 0 Å². The third-order valence-corrected chi connectivity index (χ3v) is 4.42. The largest absolute Gasteiger partial charge is 0.384 e. The topological polar surface area (TPSA) is 18.5 Å². The predicted molar refractivity (Wildman–Crippen MR) is 88.2 cm³/mol. The van der Waals surface area contributed by atoms with E-state index in [1.165, 1.54) is 44.9 Å². The van der Waals surface area contributed by atoms with Gasteiger partial charge in [-0.25, -0.2) is 0 Å². The van der Waals surface area contributed by atoms with Crippen molar-refractivity contribution in [2.75, 3.05) is 27.4 Å². The molecule has 0 aromatic rings. The Kier molecular flexibility index (Phi) is 11.5. The Hall–Kier alpha value is -0.0800. The summed E-state index contributed by atoms with van der Waals surface area (Å²) in [5, 5.41) is 0. The second-order valence-corrected chi connectivity index (χ2v) is 6.92. The first-order valence-electron chi connectivity index (χ1n) is 8.51. The Balaban J connectivity index is 4.75. The number of hydrogen-bond donors (Lipinski definition) is 0. The Morgan fingerprint density at radius 2 is 1.55 bits per heavy atom. The highest BCUT2D eigenvalue weighted by Crippen LogP contribution is 2.36. The average Bonchev–Trinajstić information content (AvgIpc) is 2.42. The molecular weight excluding hydrogens is 248 g/mol. The van der Waals surface area contributed by atoms with Crippen LogP contribution in [0.5, 0.6) is 0 Å². The van der Waals surface area contributed by atoms with Gasteiger partial charge in [0.25, 0.3) is 0 Å². The highest BCUT2D eigenvalue weighted by atomic mass is 16.5. The lowest BCUT2D eigenvalue weighted by molar-refractivity contribution is -0.0159. The molecule has 0 bridgehead atoms. The lowest BCUT2D eigenvalue weighted by atomic mass is 9.74. The summed E-state index contributed by atoms with van der Waals surface area (Å²) in [5.41, 5.74) is 0.211. The maximum Gasteiger partial charge on any atom is 0.0540 e. The molecule has 20 heavy (non-hydrogen) atoms. The molecule has 0 heterocycles. The zero-order valence-electron chi connectivity index (χ0n) is 14.8. The first-order chi connectivity index (χ1) is 9.53. The molecule has 1 atom stereocenters. The highest BCUT2D eigenvalue weighted by Gasteiger charge is 2.32. The fourth-order valence-corrected chi connectivity index (χ4v) is 3.17. The van der Waals surface area contributed by atoms with Crippen molar-refractivity contribution in [1.82, 2.24) is 0 Å². The molecule has 122 valence electrons. The molecule has 2 heteroatoms. The molecule has 0 amide bonds. The highest BCUT2D eigenvalue weighted by molar-refractivity contribution is 4.82. The van der Waals surface area contributed by atoms with Crippen molar-refractivity contribution in [3.05, 3.63) is 0 Å². The summed E-state index contributed by atoms with van der Waals surface area (Å²) in [7, 11) is 3.65. The van der Waals surface area contributed by atoms with E-state index in [0.717, 1.165) is 25.0 Å². The average molecular weight is 286 g/mol. The van der Waals surface area contributed by atoms with Crippen LogP contribution in [0.2, 0.25) is 0 Å². The van der Waals surface area contributed by atoms with E-state index in [9.17, 15) is 0 Å². The van der Waals surface area contributed by atoms with Crippen molar-refractivity contribution in [3.8, 4) is 0 Å². The molecule has 0 rings (SSSR count). The molecule has 0 aromatic carbocycles. The van der Waals surface area contributed by atoms with E-state index in [0.29, 0.717) is 0 Å². The summed E-state index contributed by atoms with van der Waals surface area (Å²) in [6.45, 7) is 10.9. The van der Waals surface area contributed by atoms with E-state index < -0.39 is 0 Å². The van der Waals surface area contributed by atoms with Crippen LogP contribution in [0.4, 0.5) is 0 Å². The summed E-state index contributed by atoms with van der Waals surface area (Å²) in [4.78, 5) is 0. The molecular formula is C18H38O2. The molecule has 1 unspecified atom stereocenters. The van der Waals surface area contributed by atoms with Gasteiger partial charge in [0.2, 0.25) is 0 Å². The maximum atomic E-state index is 5.56. The van der Waals surface area contributed by atoms with Gasteiger partial charge in [0.05, 0.1) is 13.2 Å². The first kappa shape index (κ1) is 19.9. The van der Waals surface area contributed by atoms with Crippen molar-refractivity contribution < 1.29 is 9.47 Å². The molecule has 2 nitrogen and oxygen atoms in total. The number of hydrogen-bond acceptors (Lipinski definition) is 2. The van der Waals surface area contributed by atoms with Crippen molar-refractivity contribution in [3.63, 3.8) is 0 Å². The number of methoxy groups -OCH3 is 2. The van der Waals surface area contributed by atoms with Crippen molar-refractivity contribution in [2.45, 2.75) is 72.6 Å². The third kappa shape index (κ3) is 8.26. The number of ether oxygens (including phenoxy) is 2. The molecule has 0 saturated heterocycles. The summed E-state index contributed by atoms with van der Waals surface area (Å²) in [6, 6.07) is 0. The lowest BCUT2D eigenvalue weighted by Crippen LogP contribution is -2.34. The van der Waals surface area contributed by atoms with E-state index in [-0.39, 0.29) is 5.41 Å². The van der Waals surface area contributed by atoms with Crippen molar-refractivity contribution >= 4 is 0 Å². The van der Waals surface area contributed by atoms with Gasteiger partial charge < -0.3 is 9.47 Å². The van der Waals surface area contributed by atoms with E-state index >= 15 is 0 Å². The van der Waals surface area contributed by atoms with Crippen LogP contribution in [-0.2, 0) is 9.47 Å². The Bertz CT molecular complexity index is 207. The molecule has 0 aliphatic heterocycles. The zero-order chi connectivity index (χ0) is 15.4. The summed E-state index contributed by atoms with van der Waals surface area (Å²) >= 11 is 0. The van der Waals surface area contributed by atoms with E-state index in [1.54, 1.807) is 0 Å². The molecule has 0 radical (unpaired) electrons. The van der Waals surface area contributed by atoms with Crippen LogP contribution in [0.3, 0.4) is 0 Å². The summed E-state index contributed by atoms with van der Waals surface area (Å²) in [6.07, 6.45) is 8.99. The standard InChI is InChI=1S/C18H38O2/c1-7-9-10-17(8-2)13-18(14-19-5,15-20-6)12-11-16(3)4/h16-17H,7-15H2,1-6H3. The van der Waals surface area contributed by atoms with Crippen molar-refractivity contribution in [2.24, 2.45) is 17.3 Å². The van der Waals surface area contributed by atoms with Crippen LogP contribution in [0.25, 0.3) is 0 Å². The molecule has 0 aliphatic carbocycles. The van der Waals surface area contributed by atoms with Crippen LogP contribution in [0.1, 0.15) is 72.6 Å². The molecule has 0 spiro atoms. The van der Waals surface area contributed by atoms with Crippen LogP contribution in [0, 0.1) is 17.3 Å². The van der Waals surface area contributed by atoms with Crippen LogP contribution < -0.4 is 0 Å². The molecule has 0 aliphatic rings. The number of unbranched alkanes of at least 4 members (excludes halogenated alkanes) is 1. The van der Waals surface area contributed by atoms with Gasteiger partial charge in [-0.2, -0.15) is 0 Å². The summed E-state index contributed by atoms with van der Waals surface area (Å²) in [5.74, 6) is 1.56. The Labute approximate surface area is 127 Å². The molecule has 0 saturated carbocycles. The fraction of sp³-hybridized carbons (Fsp3) is 1.00. The van der Waals surface area contributed by atoms with Gasteiger partial charge in [-0.1, -0.05) is 59.8 Å². The normalized spacial score (nSPS) is 13.9. The van der Waals surface area contributed by atoms with Gasteiger partial charge >= 0.3 is 0 Å². The second kappa shape index (κ2) is 11.6. The Morgan fingerprint density at radius 1 is 0.950 bits per heavy atom. The summed E-state index contributed by atoms with van der Waals surface area (Å²) < 4.78 is 11.1. The SMILES string of the molecule is CCCCC(CC)CC(CCC(C)C)(COC)COC. The molecule has 0 fully saturated rings. The fourth-order valence-electron chi connectivity index (χ4n) is 3.17. The number of rotatable bonds is 13. The Morgan fingerprint density at radius 3 is 1.95 bits per heavy atom. The lowest BCUT2D eigenvalue weighted by Gasteiger charge is -2.36. The minimum absolute atomic E-state index is 0.211. The maximum absolute atomic E-state index is 5.56. The minimum Gasteiger partial charge on any atom is -0.384 e. The van der Waals surface area contributed by atoms with Crippen LogP contribution in [0.15, 0.2) is 0 Å². The molecule has 0 N–H and O–H groups in total. The van der Waals surface area contributed by atoms with Gasteiger partial charge in [0, 0.05) is 19.6 Å². The van der Waals surface area contributed by atoms with Gasteiger partial charge in [0.1, 0.15) is 0 Å². The van der Waals surface area contributed by atoms with E-state index in [4.69, 9.17) is 9.47 Å². The van der Waals surface area contributed by atoms with Gasteiger partial charge in [-0.3, -0.25) is 0 Å². The monoisotopic (exact) mass is 286 g/mol.